The lowest BCUT2D eigenvalue weighted by atomic mass is 10.1. The standard InChI is InChI=1S/C25H23FN2O6S/c1-4-33-24(31)16-8-12-18(13-9-16)27-22(30)20-14(3)19(25(32)34-5-2)23(35-20)28-21(29)15-6-10-17(26)11-7-15/h6-13H,4-5H2,1-3H3,(H,27,30)(H,28,29). The lowest BCUT2D eigenvalue weighted by Crippen LogP contribution is -2.15. The third-order valence-electron chi connectivity index (χ3n) is 4.82. The van der Waals surface area contributed by atoms with Gasteiger partial charge in [0.1, 0.15) is 10.8 Å². The van der Waals surface area contributed by atoms with Crippen LogP contribution in [0.2, 0.25) is 0 Å². The number of hydrogen-bond acceptors (Lipinski definition) is 7. The number of carbonyl (C=O) groups excluding carboxylic acids is 4. The number of rotatable bonds is 8. The number of carbonyl (C=O) groups is 4. The molecule has 0 aliphatic carbocycles. The van der Waals surface area contributed by atoms with Crippen LogP contribution in [0.5, 0.6) is 0 Å². The van der Waals surface area contributed by atoms with Gasteiger partial charge in [-0.3, -0.25) is 9.59 Å². The van der Waals surface area contributed by atoms with E-state index in [0.717, 1.165) is 23.5 Å². The molecule has 0 atom stereocenters. The number of ether oxygens (including phenoxy) is 2. The fourth-order valence-electron chi connectivity index (χ4n) is 3.14. The second-order valence-electron chi connectivity index (χ2n) is 7.19. The van der Waals surface area contributed by atoms with Crippen molar-refractivity contribution in [1.29, 1.82) is 0 Å². The Morgan fingerprint density at radius 3 is 1.97 bits per heavy atom. The summed E-state index contributed by atoms with van der Waals surface area (Å²) in [5.74, 6) is -2.73. The van der Waals surface area contributed by atoms with E-state index in [1.54, 1.807) is 32.9 Å². The van der Waals surface area contributed by atoms with Crippen molar-refractivity contribution in [2.75, 3.05) is 23.8 Å². The average Bonchev–Trinajstić information content (AvgIpc) is 3.16. The Labute approximate surface area is 205 Å². The van der Waals surface area contributed by atoms with Crippen LogP contribution in [0, 0.1) is 12.7 Å². The van der Waals surface area contributed by atoms with Crippen LogP contribution in [0.3, 0.4) is 0 Å². The molecule has 1 heterocycles. The Morgan fingerprint density at radius 2 is 1.37 bits per heavy atom. The van der Waals surface area contributed by atoms with Crippen molar-refractivity contribution in [3.63, 3.8) is 0 Å². The molecule has 0 radical (unpaired) electrons. The Morgan fingerprint density at radius 1 is 0.800 bits per heavy atom. The van der Waals surface area contributed by atoms with Crippen molar-refractivity contribution < 1.29 is 33.0 Å². The zero-order chi connectivity index (χ0) is 25.5. The van der Waals surface area contributed by atoms with Gasteiger partial charge in [-0.25, -0.2) is 14.0 Å². The van der Waals surface area contributed by atoms with Gasteiger partial charge in [-0.1, -0.05) is 0 Å². The Hall–Kier alpha value is -4.05. The summed E-state index contributed by atoms with van der Waals surface area (Å²) in [6.07, 6.45) is 0. The van der Waals surface area contributed by atoms with E-state index in [4.69, 9.17) is 9.47 Å². The fraction of sp³-hybridized carbons (Fsp3) is 0.200. The van der Waals surface area contributed by atoms with Crippen LogP contribution in [0.4, 0.5) is 15.1 Å². The molecule has 0 fully saturated rings. The molecule has 2 N–H and O–H groups in total. The summed E-state index contributed by atoms with van der Waals surface area (Å²) in [6, 6.07) is 11.1. The Bertz CT molecular complexity index is 1250. The summed E-state index contributed by atoms with van der Waals surface area (Å²) in [6.45, 7) is 5.28. The predicted octanol–water partition coefficient (Wildman–Crippen LogP) is 5.05. The van der Waals surface area contributed by atoms with Crippen LogP contribution in [0.15, 0.2) is 48.5 Å². The molecule has 10 heteroatoms. The van der Waals surface area contributed by atoms with Crippen LogP contribution in [-0.4, -0.2) is 37.0 Å². The maximum atomic E-state index is 13.2. The normalized spacial score (nSPS) is 10.4. The first kappa shape index (κ1) is 25.6. The van der Waals surface area contributed by atoms with Gasteiger partial charge in [-0.15, -0.1) is 11.3 Å². The number of benzene rings is 2. The highest BCUT2D eigenvalue weighted by Gasteiger charge is 2.27. The molecule has 0 saturated heterocycles. The lowest BCUT2D eigenvalue weighted by Gasteiger charge is -2.07. The number of esters is 2. The molecular formula is C25H23FN2O6S. The van der Waals surface area contributed by atoms with Gasteiger partial charge in [0.2, 0.25) is 0 Å². The van der Waals surface area contributed by atoms with Gasteiger partial charge in [0, 0.05) is 11.3 Å². The van der Waals surface area contributed by atoms with Gasteiger partial charge in [0.05, 0.1) is 29.2 Å². The minimum Gasteiger partial charge on any atom is -0.462 e. The molecule has 3 aromatic rings. The fourth-order valence-corrected chi connectivity index (χ4v) is 4.22. The van der Waals surface area contributed by atoms with Crippen molar-refractivity contribution in [3.05, 3.63) is 81.5 Å². The maximum absolute atomic E-state index is 13.2. The van der Waals surface area contributed by atoms with E-state index in [1.807, 2.05) is 0 Å². The SMILES string of the molecule is CCOC(=O)c1ccc(NC(=O)c2sc(NC(=O)c3ccc(F)cc3)c(C(=O)OCC)c2C)cc1. The van der Waals surface area contributed by atoms with Crippen molar-refractivity contribution in [1.82, 2.24) is 0 Å². The van der Waals surface area contributed by atoms with Crippen LogP contribution in [0.25, 0.3) is 0 Å². The Kier molecular flexibility index (Phi) is 8.32. The molecular weight excluding hydrogens is 475 g/mol. The number of anilines is 2. The number of hydrogen-bond donors (Lipinski definition) is 2. The van der Waals surface area contributed by atoms with E-state index >= 15 is 0 Å². The first-order valence-electron chi connectivity index (χ1n) is 10.7. The van der Waals surface area contributed by atoms with E-state index in [-0.39, 0.29) is 34.2 Å². The summed E-state index contributed by atoms with van der Waals surface area (Å²) >= 11 is 0.915. The van der Waals surface area contributed by atoms with Crippen LogP contribution < -0.4 is 10.6 Å². The third kappa shape index (κ3) is 6.10. The quantitative estimate of drug-likeness (QED) is 0.421. The molecule has 0 unspecified atom stereocenters. The van der Waals surface area contributed by atoms with E-state index in [1.165, 1.54) is 24.3 Å². The molecule has 0 saturated carbocycles. The summed E-state index contributed by atoms with van der Waals surface area (Å²) in [7, 11) is 0. The molecule has 2 amide bonds. The average molecular weight is 499 g/mol. The summed E-state index contributed by atoms with van der Waals surface area (Å²) in [5.41, 5.74) is 1.34. The number of halogens is 1. The highest BCUT2D eigenvalue weighted by atomic mass is 32.1. The molecule has 35 heavy (non-hydrogen) atoms. The predicted molar refractivity (Wildman–Crippen MR) is 130 cm³/mol. The lowest BCUT2D eigenvalue weighted by molar-refractivity contribution is 0.0517. The van der Waals surface area contributed by atoms with Crippen molar-refractivity contribution in [2.24, 2.45) is 0 Å². The minimum absolute atomic E-state index is 0.0649. The maximum Gasteiger partial charge on any atom is 0.341 e. The second-order valence-corrected chi connectivity index (χ2v) is 8.21. The molecule has 1 aromatic heterocycles. The molecule has 0 aliphatic rings. The van der Waals surface area contributed by atoms with Gasteiger partial charge in [-0.2, -0.15) is 0 Å². The van der Waals surface area contributed by atoms with Gasteiger partial charge in [0.15, 0.2) is 0 Å². The van der Waals surface area contributed by atoms with E-state index in [0.29, 0.717) is 16.8 Å². The highest BCUT2D eigenvalue weighted by molar-refractivity contribution is 7.19. The van der Waals surface area contributed by atoms with Crippen LogP contribution in [-0.2, 0) is 9.47 Å². The molecule has 0 aliphatic heterocycles. The number of amides is 2. The largest absolute Gasteiger partial charge is 0.462 e. The van der Waals surface area contributed by atoms with Gasteiger partial charge < -0.3 is 20.1 Å². The van der Waals surface area contributed by atoms with Gasteiger partial charge in [-0.05, 0) is 74.9 Å². The summed E-state index contributed by atoms with van der Waals surface area (Å²) in [4.78, 5) is 50.3. The van der Waals surface area contributed by atoms with E-state index in [2.05, 4.69) is 10.6 Å². The number of thiophene rings is 1. The first-order chi connectivity index (χ1) is 16.7. The van der Waals surface area contributed by atoms with E-state index in [9.17, 15) is 23.6 Å². The second kappa shape index (κ2) is 11.4. The number of nitrogens with one attached hydrogen (secondary N) is 2. The monoisotopic (exact) mass is 498 g/mol. The molecule has 0 spiro atoms. The summed E-state index contributed by atoms with van der Waals surface area (Å²) in [5, 5.41) is 5.47. The molecule has 8 nitrogen and oxygen atoms in total. The van der Waals surface area contributed by atoms with Crippen molar-refractivity contribution in [2.45, 2.75) is 20.8 Å². The van der Waals surface area contributed by atoms with Crippen LogP contribution >= 0.6 is 11.3 Å². The molecule has 0 bridgehead atoms. The van der Waals surface area contributed by atoms with Gasteiger partial charge in [0.25, 0.3) is 11.8 Å². The minimum atomic E-state index is -0.687. The molecule has 2 aromatic carbocycles. The van der Waals surface area contributed by atoms with E-state index < -0.39 is 29.6 Å². The Balaban J connectivity index is 1.86. The molecule has 3 rings (SSSR count). The zero-order valence-electron chi connectivity index (χ0n) is 19.3. The van der Waals surface area contributed by atoms with Crippen LogP contribution in [0.1, 0.15) is 60.2 Å². The van der Waals surface area contributed by atoms with Crippen molar-refractivity contribution in [3.8, 4) is 0 Å². The summed E-state index contributed by atoms with van der Waals surface area (Å²) < 4.78 is 23.2. The highest BCUT2D eigenvalue weighted by Crippen LogP contribution is 2.34. The third-order valence-corrected chi connectivity index (χ3v) is 6.03. The van der Waals surface area contributed by atoms with Gasteiger partial charge >= 0.3 is 11.9 Å². The molecule has 182 valence electrons. The first-order valence-corrected chi connectivity index (χ1v) is 11.5. The van der Waals surface area contributed by atoms with Crippen molar-refractivity contribution >= 4 is 45.8 Å². The topological polar surface area (TPSA) is 111 Å². The smallest absolute Gasteiger partial charge is 0.341 e. The zero-order valence-corrected chi connectivity index (χ0v) is 20.1.